The summed E-state index contributed by atoms with van der Waals surface area (Å²) < 4.78 is 0. The number of carbonyl (C=O) groups is 1. The number of nitro groups is 2. The molecule has 144 valence electrons. The van der Waals surface area contributed by atoms with Gasteiger partial charge in [-0.1, -0.05) is 51.2 Å². The first kappa shape index (κ1) is 21.5. The molecule has 0 aromatic rings. The third kappa shape index (κ3) is 5.00. The average Bonchev–Trinajstić information content (AvgIpc) is 2.58. The number of carboxylic acids is 1. The Labute approximate surface area is 152 Å². The van der Waals surface area contributed by atoms with Crippen molar-refractivity contribution in [2.24, 2.45) is 5.92 Å². The first-order valence-electron chi connectivity index (χ1n) is 8.89. The van der Waals surface area contributed by atoms with E-state index < -0.39 is 27.3 Å². The summed E-state index contributed by atoms with van der Waals surface area (Å²) in [5.74, 6) is -2.30. The van der Waals surface area contributed by atoms with Gasteiger partial charge >= 0.3 is 5.97 Å². The van der Waals surface area contributed by atoms with Crippen molar-refractivity contribution in [2.75, 3.05) is 0 Å². The monoisotopic (exact) mass is 366 g/mol. The van der Waals surface area contributed by atoms with E-state index >= 15 is 0 Å². The van der Waals surface area contributed by atoms with Crippen molar-refractivity contribution < 1.29 is 19.7 Å². The summed E-state index contributed by atoms with van der Waals surface area (Å²) in [5, 5.41) is 32.5. The molecule has 0 spiro atoms. The first-order chi connectivity index (χ1) is 12.3. The van der Waals surface area contributed by atoms with Crippen molar-refractivity contribution in [3.8, 4) is 0 Å². The molecular formula is C18H26N2O6. The van der Waals surface area contributed by atoms with Gasteiger partial charge < -0.3 is 5.11 Å². The van der Waals surface area contributed by atoms with Gasteiger partial charge in [-0.25, -0.2) is 4.79 Å². The van der Waals surface area contributed by atoms with Crippen LogP contribution in [0.5, 0.6) is 0 Å². The fourth-order valence-corrected chi connectivity index (χ4v) is 3.35. The topological polar surface area (TPSA) is 124 Å². The number of allylic oxidation sites excluding steroid dienone is 2. The molecule has 0 heterocycles. The average molecular weight is 366 g/mol. The Morgan fingerprint density at radius 1 is 1.23 bits per heavy atom. The van der Waals surface area contributed by atoms with Crippen LogP contribution in [0.3, 0.4) is 0 Å². The van der Waals surface area contributed by atoms with Gasteiger partial charge in [0, 0.05) is 23.0 Å². The Bertz CT molecular complexity index is 638. The molecule has 0 radical (unpaired) electrons. The van der Waals surface area contributed by atoms with Crippen LogP contribution in [0.25, 0.3) is 0 Å². The van der Waals surface area contributed by atoms with Gasteiger partial charge in [-0.3, -0.25) is 20.2 Å². The van der Waals surface area contributed by atoms with Crippen LogP contribution in [0.1, 0.15) is 58.8 Å². The van der Waals surface area contributed by atoms with Crippen molar-refractivity contribution in [3.63, 3.8) is 0 Å². The highest BCUT2D eigenvalue weighted by atomic mass is 16.6. The Hall–Kier alpha value is -2.51. The van der Waals surface area contributed by atoms with Crippen LogP contribution < -0.4 is 0 Å². The molecular weight excluding hydrogens is 340 g/mol. The lowest BCUT2D eigenvalue weighted by Gasteiger charge is -2.31. The number of hydrogen-bond donors (Lipinski definition) is 1. The maximum absolute atomic E-state index is 11.9. The van der Waals surface area contributed by atoms with E-state index in [1.165, 1.54) is 19.1 Å². The van der Waals surface area contributed by atoms with Crippen LogP contribution in [0.4, 0.5) is 0 Å². The van der Waals surface area contributed by atoms with E-state index in [4.69, 9.17) is 0 Å². The van der Waals surface area contributed by atoms with E-state index in [1.807, 2.05) is 0 Å². The molecule has 0 saturated carbocycles. The zero-order chi connectivity index (χ0) is 19.7. The summed E-state index contributed by atoms with van der Waals surface area (Å²) in [4.78, 5) is 33.4. The third-order valence-electron chi connectivity index (χ3n) is 4.77. The minimum atomic E-state index is -1.82. The molecule has 0 aromatic carbocycles. The van der Waals surface area contributed by atoms with Crippen LogP contribution in [-0.4, -0.2) is 26.5 Å². The highest BCUT2D eigenvalue weighted by Gasteiger charge is 2.53. The van der Waals surface area contributed by atoms with Crippen molar-refractivity contribution in [1.82, 2.24) is 0 Å². The number of hydrogen-bond acceptors (Lipinski definition) is 5. The van der Waals surface area contributed by atoms with Crippen LogP contribution in [0.15, 0.2) is 35.6 Å². The molecule has 2 atom stereocenters. The molecule has 8 nitrogen and oxygen atoms in total. The van der Waals surface area contributed by atoms with E-state index in [2.05, 4.69) is 6.92 Å². The van der Waals surface area contributed by atoms with Crippen molar-refractivity contribution in [2.45, 2.75) is 64.3 Å². The fraction of sp³-hybridized carbons (Fsp3) is 0.611. The SMILES string of the molecule is C/C=C(/C(=O)O)C1C=CC([N+](=O)[O-])=CC1(CCCCCCCC)[N+](=O)[O-]. The predicted octanol–water partition coefficient (Wildman–Crippen LogP) is 4.13. The second-order valence-electron chi connectivity index (χ2n) is 6.48. The summed E-state index contributed by atoms with van der Waals surface area (Å²) >= 11 is 0. The zero-order valence-electron chi connectivity index (χ0n) is 15.2. The smallest absolute Gasteiger partial charge is 0.332 e. The fourth-order valence-electron chi connectivity index (χ4n) is 3.35. The summed E-state index contributed by atoms with van der Waals surface area (Å²) in [7, 11) is 0. The van der Waals surface area contributed by atoms with E-state index in [1.54, 1.807) is 0 Å². The van der Waals surface area contributed by atoms with Gasteiger partial charge in [0.25, 0.3) is 11.2 Å². The third-order valence-corrected chi connectivity index (χ3v) is 4.77. The lowest BCUT2D eigenvalue weighted by Crippen LogP contribution is -2.47. The van der Waals surface area contributed by atoms with Gasteiger partial charge in [0.1, 0.15) is 0 Å². The van der Waals surface area contributed by atoms with Gasteiger partial charge in [-0.15, -0.1) is 0 Å². The summed E-state index contributed by atoms with van der Waals surface area (Å²) in [6.45, 7) is 3.59. The first-order valence-corrected chi connectivity index (χ1v) is 8.89. The van der Waals surface area contributed by atoms with Crippen LogP contribution in [-0.2, 0) is 4.79 Å². The molecule has 0 aromatic heterocycles. The molecule has 0 bridgehead atoms. The summed E-state index contributed by atoms with van der Waals surface area (Å²) in [6, 6.07) is 0. The molecule has 0 aliphatic heterocycles. The molecule has 26 heavy (non-hydrogen) atoms. The van der Waals surface area contributed by atoms with Crippen molar-refractivity contribution in [1.29, 1.82) is 0 Å². The van der Waals surface area contributed by atoms with Gasteiger partial charge in [-0.05, 0) is 13.3 Å². The number of aliphatic carboxylic acids is 1. The van der Waals surface area contributed by atoms with Gasteiger partial charge in [0.2, 0.25) is 0 Å². The predicted molar refractivity (Wildman–Crippen MR) is 96.8 cm³/mol. The number of nitrogens with zero attached hydrogens (tertiary/aromatic N) is 2. The Kier molecular flexibility index (Phi) is 8.15. The Morgan fingerprint density at radius 2 is 1.85 bits per heavy atom. The second kappa shape index (κ2) is 9.84. The number of carboxylic acid groups (broad SMARTS) is 1. The highest BCUT2D eigenvalue weighted by molar-refractivity contribution is 5.88. The second-order valence-corrected chi connectivity index (χ2v) is 6.48. The highest BCUT2D eigenvalue weighted by Crippen LogP contribution is 2.39. The van der Waals surface area contributed by atoms with Crippen LogP contribution in [0, 0.1) is 26.1 Å². The minimum absolute atomic E-state index is 0.0586. The summed E-state index contributed by atoms with van der Waals surface area (Å²) in [6.07, 6.45) is 10.3. The van der Waals surface area contributed by atoms with Gasteiger partial charge in [0.05, 0.1) is 16.9 Å². The molecule has 8 heteroatoms. The quantitative estimate of drug-likeness (QED) is 0.254. The largest absolute Gasteiger partial charge is 0.478 e. The molecule has 2 unspecified atom stereocenters. The van der Waals surface area contributed by atoms with E-state index in [9.17, 15) is 30.1 Å². The lowest BCUT2D eigenvalue weighted by molar-refractivity contribution is -0.564. The van der Waals surface area contributed by atoms with E-state index in [0.29, 0.717) is 6.42 Å². The number of rotatable bonds is 11. The van der Waals surface area contributed by atoms with Gasteiger partial charge in [-0.2, -0.15) is 0 Å². The lowest BCUT2D eigenvalue weighted by atomic mass is 9.72. The van der Waals surface area contributed by atoms with Gasteiger partial charge in [0.15, 0.2) is 0 Å². The molecule has 0 saturated heterocycles. The maximum atomic E-state index is 11.9. The van der Waals surface area contributed by atoms with Crippen LogP contribution >= 0.6 is 0 Å². The van der Waals surface area contributed by atoms with E-state index in [0.717, 1.165) is 44.3 Å². The molecule has 1 N–H and O–H groups in total. The van der Waals surface area contributed by atoms with Crippen molar-refractivity contribution in [3.05, 3.63) is 55.8 Å². The maximum Gasteiger partial charge on any atom is 0.332 e. The van der Waals surface area contributed by atoms with Crippen LogP contribution in [0.2, 0.25) is 0 Å². The zero-order valence-corrected chi connectivity index (χ0v) is 15.2. The summed E-state index contributed by atoms with van der Waals surface area (Å²) in [5.41, 5.74) is -2.31. The Balaban J connectivity index is 3.15. The van der Waals surface area contributed by atoms with E-state index in [-0.39, 0.29) is 17.7 Å². The molecule has 1 aliphatic rings. The molecule has 0 amide bonds. The number of unbranched alkanes of at least 4 members (excludes halogenated alkanes) is 5. The molecule has 0 fully saturated rings. The standard InChI is InChI=1S/C18H26N2O6/c1-3-5-6-7-8-9-12-18(20(25)26)13-14(19(23)24)10-11-16(18)15(4-2)17(21)22/h4,10-11,13,16H,3,5-9,12H2,1-2H3,(H,21,22)/b15-4+. The molecule has 1 aliphatic carbocycles. The van der Waals surface area contributed by atoms with Crippen molar-refractivity contribution >= 4 is 5.97 Å². The minimum Gasteiger partial charge on any atom is -0.478 e. The normalized spacial score (nSPS) is 22.8. The Morgan fingerprint density at radius 3 is 2.35 bits per heavy atom. The molecule has 1 rings (SSSR count).